The first-order valence-corrected chi connectivity index (χ1v) is 2.67. The van der Waals surface area contributed by atoms with Gasteiger partial charge in [-0.3, -0.25) is 4.79 Å². The fourth-order valence-corrected chi connectivity index (χ4v) is 0.230. The first kappa shape index (κ1) is 11.2. The molecule has 0 atom stereocenters. The van der Waals surface area contributed by atoms with E-state index in [1.54, 1.807) is 0 Å². The van der Waals surface area contributed by atoms with Gasteiger partial charge >= 0.3 is 5.97 Å². The summed E-state index contributed by atoms with van der Waals surface area (Å²) >= 11 is 0. The van der Waals surface area contributed by atoms with Crippen LogP contribution in [0.4, 0.5) is 0 Å². The number of hydrogen-bond donors (Lipinski definition) is 3. The molecule has 0 heterocycles. The fraction of sp³-hybridized carbons (Fsp3) is 0.800. The summed E-state index contributed by atoms with van der Waals surface area (Å²) < 4.78 is 0. The van der Waals surface area contributed by atoms with Gasteiger partial charge in [0.25, 0.3) is 0 Å². The van der Waals surface area contributed by atoms with Gasteiger partial charge in [0.2, 0.25) is 0 Å². The van der Waals surface area contributed by atoms with Crippen molar-refractivity contribution in [1.82, 2.24) is 0 Å². The van der Waals surface area contributed by atoms with Crippen molar-refractivity contribution in [2.45, 2.75) is 12.8 Å². The number of aliphatic hydroxyl groups is 1. The maximum atomic E-state index is 9.65. The van der Waals surface area contributed by atoms with Gasteiger partial charge < -0.3 is 15.9 Å². The number of nitrogens with two attached hydrogens (primary N) is 1. The van der Waals surface area contributed by atoms with Crippen molar-refractivity contribution >= 4 is 5.97 Å². The molecular formula is C5H13NO3. The van der Waals surface area contributed by atoms with E-state index < -0.39 is 5.97 Å². The third kappa shape index (κ3) is 18.7. The Balaban J connectivity index is 0. The summed E-state index contributed by atoms with van der Waals surface area (Å²) in [6.07, 6.45) is 0.422. The maximum Gasteiger partial charge on any atom is 0.303 e. The second-order valence-electron chi connectivity index (χ2n) is 1.22. The Bertz CT molecular complexity index is 65.2. The van der Waals surface area contributed by atoms with Crippen LogP contribution in [0.15, 0.2) is 0 Å². The first-order chi connectivity index (χ1) is 4.27. The van der Waals surface area contributed by atoms with Crippen molar-refractivity contribution in [3.05, 3.63) is 0 Å². The van der Waals surface area contributed by atoms with Crippen molar-refractivity contribution in [1.29, 1.82) is 0 Å². The lowest BCUT2D eigenvalue weighted by molar-refractivity contribution is -0.137. The summed E-state index contributed by atoms with van der Waals surface area (Å²) in [7, 11) is 1.50. The first-order valence-electron chi connectivity index (χ1n) is 2.67. The molecule has 9 heavy (non-hydrogen) atoms. The van der Waals surface area contributed by atoms with Gasteiger partial charge in [-0.05, 0) is 13.5 Å². The molecule has 0 fully saturated rings. The minimum absolute atomic E-state index is 0.0354. The van der Waals surface area contributed by atoms with Crippen molar-refractivity contribution in [2.24, 2.45) is 5.73 Å². The molecule has 0 amide bonds. The van der Waals surface area contributed by atoms with Crippen LogP contribution in [-0.2, 0) is 4.79 Å². The molecule has 0 aromatic heterocycles. The van der Waals surface area contributed by atoms with Crippen molar-refractivity contribution in [3.63, 3.8) is 0 Å². The molecule has 0 aliphatic carbocycles. The molecule has 0 aromatic carbocycles. The van der Waals surface area contributed by atoms with E-state index in [0.717, 1.165) is 0 Å². The van der Waals surface area contributed by atoms with Crippen molar-refractivity contribution in [3.8, 4) is 0 Å². The molecule has 0 aliphatic rings. The van der Waals surface area contributed by atoms with E-state index in [-0.39, 0.29) is 13.0 Å². The van der Waals surface area contributed by atoms with E-state index in [2.05, 4.69) is 5.73 Å². The summed E-state index contributed by atoms with van der Waals surface area (Å²) in [4.78, 5) is 9.65. The van der Waals surface area contributed by atoms with Crippen molar-refractivity contribution in [2.75, 3.05) is 13.7 Å². The third-order valence-electron chi connectivity index (χ3n) is 0.549. The second-order valence-corrected chi connectivity index (χ2v) is 1.22. The molecule has 0 aromatic rings. The Hall–Kier alpha value is -0.610. The van der Waals surface area contributed by atoms with Crippen molar-refractivity contribution < 1.29 is 15.0 Å². The molecule has 4 N–H and O–H groups in total. The molecule has 0 unspecified atom stereocenters. The van der Waals surface area contributed by atoms with Crippen LogP contribution in [0, 0.1) is 0 Å². The van der Waals surface area contributed by atoms with Gasteiger partial charge in [-0.2, -0.15) is 0 Å². The Morgan fingerprint density at radius 1 is 1.56 bits per heavy atom. The fourth-order valence-electron chi connectivity index (χ4n) is 0.230. The van der Waals surface area contributed by atoms with Crippen LogP contribution < -0.4 is 5.73 Å². The van der Waals surface area contributed by atoms with Crippen LogP contribution in [-0.4, -0.2) is 29.8 Å². The van der Waals surface area contributed by atoms with Crippen LogP contribution in [0.3, 0.4) is 0 Å². The van der Waals surface area contributed by atoms with E-state index in [1.165, 1.54) is 7.05 Å². The zero-order valence-electron chi connectivity index (χ0n) is 5.50. The Kier molecular flexibility index (Phi) is 13.0. The number of carboxylic acids is 1. The SMILES string of the molecule is CN.O=C(O)CCCO. The number of hydrogen-bond acceptors (Lipinski definition) is 3. The molecule has 4 heteroatoms. The van der Waals surface area contributed by atoms with E-state index in [9.17, 15) is 4.79 Å². The molecule has 0 spiro atoms. The normalized spacial score (nSPS) is 7.44. The highest BCUT2D eigenvalue weighted by Crippen LogP contribution is 1.83. The summed E-state index contributed by atoms with van der Waals surface area (Å²) in [5.41, 5.74) is 4.50. The Morgan fingerprint density at radius 2 is 2.00 bits per heavy atom. The molecule has 0 saturated carbocycles. The topological polar surface area (TPSA) is 83.6 Å². The van der Waals surface area contributed by atoms with Crippen LogP contribution >= 0.6 is 0 Å². The van der Waals surface area contributed by atoms with E-state index in [1.807, 2.05) is 0 Å². The molecule has 0 bridgehead atoms. The predicted molar refractivity (Wildman–Crippen MR) is 34.1 cm³/mol. The summed E-state index contributed by atoms with van der Waals surface area (Å²) in [5, 5.41) is 16.0. The van der Waals surface area contributed by atoms with Gasteiger partial charge in [0, 0.05) is 13.0 Å². The molecule has 0 radical (unpaired) electrons. The standard InChI is InChI=1S/C4H8O3.CH5N/c5-3-1-2-4(6)7;1-2/h5H,1-3H2,(H,6,7);2H2,1H3. The average Bonchev–Trinajstić information content (AvgIpc) is 1.88. The number of carboxylic acid groups (broad SMARTS) is 1. The zero-order valence-corrected chi connectivity index (χ0v) is 5.50. The van der Waals surface area contributed by atoms with E-state index in [0.29, 0.717) is 6.42 Å². The monoisotopic (exact) mass is 135 g/mol. The van der Waals surface area contributed by atoms with Gasteiger partial charge in [-0.1, -0.05) is 0 Å². The van der Waals surface area contributed by atoms with E-state index >= 15 is 0 Å². The summed E-state index contributed by atoms with van der Waals surface area (Å²) in [6.45, 7) is -0.0354. The number of rotatable bonds is 3. The van der Waals surface area contributed by atoms with Gasteiger partial charge in [0.05, 0.1) is 0 Å². The van der Waals surface area contributed by atoms with Crippen LogP contribution in [0.5, 0.6) is 0 Å². The predicted octanol–water partition coefficient (Wildman–Crippen LogP) is -0.582. The van der Waals surface area contributed by atoms with Gasteiger partial charge in [-0.25, -0.2) is 0 Å². The lowest BCUT2D eigenvalue weighted by atomic mass is 10.3. The number of carbonyl (C=O) groups is 1. The lowest BCUT2D eigenvalue weighted by Crippen LogP contribution is -1.95. The molecule has 4 nitrogen and oxygen atoms in total. The highest BCUT2D eigenvalue weighted by molar-refractivity contribution is 5.66. The average molecular weight is 135 g/mol. The second kappa shape index (κ2) is 10.4. The molecule has 0 rings (SSSR count). The lowest BCUT2D eigenvalue weighted by Gasteiger charge is -1.85. The highest BCUT2D eigenvalue weighted by atomic mass is 16.4. The minimum Gasteiger partial charge on any atom is -0.481 e. The Labute approximate surface area is 54.3 Å². The van der Waals surface area contributed by atoms with Gasteiger partial charge in [0.1, 0.15) is 0 Å². The van der Waals surface area contributed by atoms with Crippen LogP contribution in [0.25, 0.3) is 0 Å². The molecule has 0 aliphatic heterocycles. The molecule has 0 saturated heterocycles. The van der Waals surface area contributed by atoms with Crippen LogP contribution in [0.2, 0.25) is 0 Å². The zero-order chi connectivity index (χ0) is 7.70. The third-order valence-corrected chi connectivity index (χ3v) is 0.549. The largest absolute Gasteiger partial charge is 0.481 e. The quantitative estimate of drug-likeness (QED) is 0.483. The molecular weight excluding hydrogens is 122 g/mol. The Morgan fingerprint density at radius 3 is 2.11 bits per heavy atom. The van der Waals surface area contributed by atoms with Gasteiger partial charge in [0.15, 0.2) is 0 Å². The minimum atomic E-state index is -0.853. The number of aliphatic hydroxyl groups excluding tert-OH is 1. The molecule has 56 valence electrons. The number of aliphatic carboxylic acids is 1. The van der Waals surface area contributed by atoms with Crippen LogP contribution in [0.1, 0.15) is 12.8 Å². The smallest absolute Gasteiger partial charge is 0.303 e. The maximum absolute atomic E-state index is 9.65. The van der Waals surface area contributed by atoms with E-state index in [4.69, 9.17) is 10.2 Å². The summed E-state index contributed by atoms with van der Waals surface area (Å²) in [6, 6.07) is 0. The highest BCUT2D eigenvalue weighted by Gasteiger charge is 1.91. The van der Waals surface area contributed by atoms with Gasteiger partial charge in [-0.15, -0.1) is 0 Å². The summed E-state index contributed by atoms with van der Waals surface area (Å²) in [5.74, 6) is -0.853.